The molecule has 1 heterocycles. The molecule has 12 heteroatoms. The number of hydrogen-bond acceptors (Lipinski definition) is 10. The smallest absolute Gasteiger partial charge is 0.370 e. The standard InChI is InChI=1S/C14H25N3O9/c1-6-8(17-9(16)10(18)19)5-7(15)11(25-6)26-13(22)4-2-3-12(20,21)14(13,23)24/h6-8,11,20-24H,2-5,15H2,1H3,(H2,16,17)(H,18,19)/t6-,7+,8+,11-,13?/m1/s1. The lowest BCUT2D eigenvalue weighted by Gasteiger charge is -2.51. The molecule has 1 saturated carbocycles. The molecule has 0 aromatic rings. The second-order valence-corrected chi connectivity index (χ2v) is 6.74. The summed E-state index contributed by atoms with van der Waals surface area (Å²) in [7, 11) is 0. The maximum absolute atomic E-state index is 10.8. The van der Waals surface area contributed by atoms with E-state index in [4.69, 9.17) is 26.0 Å². The van der Waals surface area contributed by atoms with Gasteiger partial charge < -0.3 is 51.6 Å². The zero-order valence-electron chi connectivity index (χ0n) is 14.1. The third-order valence-corrected chi connectivity index (χ3v) is 4.73. The van der Waals surface area contributed by atoms with Gasteiger partial charge in [0.05, 0.1) is 18.2 Å². The Kier molecular flexibility index (Phi) is 5.62. The van der Waals surface area contributed by atoms with Crippen LogP contribution < -0.4 is 11.5 Å². The summed E-state index contributed by atoms with van der Waals surface area (Å²) in [6.45, 7) is 1.55. The van der Waals surface area contributed by atoms with Crippen molar-refractivity contribution >= 4 is 11.8 Å². The molecule has 0 bridgehead atoms. The van der Waals surface area contributed by atoms with Crippen LogP contribution in [-0.4, -0.2) is 84.3 Å². The van der Waals surface area contributed by atoms with Gasteiger partial charge in [-0.05, 0) is 19.8 Å². The van der Waals surface area contributed by atoms with Crippen molar-refractivity contribution in [2.45, 2.75) is 74.4 Å². The fourth-order valence-electron chi connectivity index (χ4n) is 3.06. The molecule has 1 saturated heterocycles. The number of rotatable bonds is 3. The highest BCUT2D eigenvalue weighted by atomic mass is 16.8. The van der Waals surface area contributed by atoms with Crippen LogP contribution in [0.15, 0.2) is 4.99 Å². The molecule has 0 aromatic carbocycles. The molecule has 2 rings (SSSR count). The molecule has 26 heavy (non-hydrogen) atoms. The number of amidine groups is 1. The number of nitrogens with zero attached hydrogens (tertiary/aromatic N) is 1. The van der Waals surface area contributed by atoms with Crippen molar-refractivity contribution in [1.82, 2.24) is 0 Å². The Morgan fingerprint density at radius 2 is 1.85 bits per heavy atom. The predicted octanol–water partition coefficient (Wildman–Crippen LogP) is -3.49. The maximum Gasteiger partial charge on any atom is 0.370 e. The number of ether oxygens (including phenoxy) is 2. The molecule has 0 radical (unpaired) electrons. The van der Waals surface area contributed by atoms with Crippen LogP contribution in [0.2, 0.25) is 0 Å². The Hall–Kier alpha value is -1.38. The molecule has 2 aliphatic rings. The van der Waals surface area contributed by atoms with Crippen LogP contribution in [0.3, 0.4) is 0 Å². The van der Waals surface area contributed by atoms with E-state index in [1.165, 1.54) is 0 Å². The largest absolute Gasteiger partial charge is 0.475 e. The summed E-state index contributed by atoms with van der Waals surface area (Å²) < 4.78 is 10.7. The van der Waals surface area contributed by atoms with Gasteiger partial charge in [-0.15, -0.1) is 0 Å². The average molecular weight is 379 g/mol. The SMILES string of the molecule is C[C@H]1O[C@H](OC2(O)CCCC(O)(O)C2(O)O)[C@@H](N)C[C@@H]1N=C(N)C(=O)O. The lowest BCUT2D eigenvalue weighted by molar-refractivity contribution is -0.491. The van der Waals surface area contributed by atoms with Gasteiger partial charge in [-0.1, -0.05) is 0 Å². The van der Waals surface area contributed by atoms with E-state index in [0.717, 1.165) is 0 Å². The Bertz CT molecular complexity index is 582. The first-order valence-corrected chi connectivity index (χ1v) is 8.08. The number of carbonyl (C=O) groups is 1. The molecule has 5 atom stereocenters. The summed E-state index contributed by atoms with van der Waals surface area (Å²) in [5, 5.41) is 58.8. The third-order valence-electron chi connectivity index (χ3n) is 4.73. The normalized spacial score (nSPS) is 40.2. The minimum atomic E-state index is -3.38. The first-order chi connectivity index (χ1) is 11.8. The van der Waals surface area contributed by atoms with Gasteiger partial charge in [0.2, 0.25) is 17.4 Å². The third kappa shape index (κ3) is 3.68. The highest BCUT2D eigenvalue weighted by Gasteiger charge is 2.66. The highest BCUT2D eigenvalue weighted by molar-refractivity contribution is 6.33. The molecule has 1 unspecified atom stereocenters. The van der Waals surface area contributed by atoms with Crippen molar-refractivity contribution in [3.05, 3.63) is 0 Å². The summed E-state index contributed by atoms with van der Waals surface area (Å²) in [5.74, 6) is -11.1. The van der Waals surface area contributed by atoms with Gasteiger partial charge >= 0.3 is 5.97 Å². The predicted molar refractivity (Wildman–Crippen MR) is 84.2 cm³/mol. The van der Waals surface area contributed by atoms with Gasteiger partial charge in [0, 0.05) is 12.8 Å². The van der Waals surface area contributed by atoms with Crippen molar-refractivity contribution in [1.29, 1.82) is 0 Å². The molecule has 1 aliphatic heterocycles. The Morgan fingerprint density at radius 1 is 1.23 bits per heavy atom. The van der Waals surface area contributed by atoms with Crippen LogP contribution in [-0.2, 0) is 14.3 Å². The number of aliphatic carboxylic acids is 1. The van der Waals surface area contributed by atoms with Crippen LogP contribution in [0.4, 0.5) is 0 Å². The van der Waals surface area contributed by atoms with E-state index in [-0.39, 0.29) is 25.7 Å². The second kappa shape index (κ2) is 6.98. The van der Waals surface area contributed by atoms with Crippen molar-refractivity contribution < 1.29 is 44.9 Å². The Balaban J connectivity index is 2.14. The van der Waals surface area contributed by atoms with Crippen LogP contribution in [0.5, 0.6) is 0 Å². The molecule has 0 aromatic heterocycles. The van der Waals surface area contributed by atoms with E-state index in [0.29, 0.717) is 0 Å². The van der Waals surface area contributed by atoms with Crippen LogP contribution >= 0.6 is 0 Å². The fraction of sp³-hybridized carbons (Fsp3) is 0.857. The van der Waals surface area contributed by atoms with E-state index < -0.39 is 53.6 Å². The highest BCUT2D eigenvalue weighted by Crippen LogP contribution is 2.43. The summed E-state index contributed by atoms with van der Waals surface area (Å²) >= 11 is 0. The van der Waals surface area contributed by atoms with Gasteiger partial charge in [-0.2, -0.15) is 0 Å². The first kappa shape index (κ1) is 20.9. The van der Waals surface area contributed by atoms with Crippen LogP contribution in [0.1, 0.15) is 32.6 Å². The van der Waals surface area contributed by atoms with Gasteiger partial charge in [-0.25, -0.2) is 4.79 Å². The molecule has 12 nitrogen and oxygen atoms in total. The number of carboxylic acids is 1. The topological polar surface area (TPSA) is 221 Å². The van der Waals surface area contributed by atoms with Gasteiger partial charge in [-0.3, -0.25) is 4.99 Å². The summed E-state index contributed by atoms with van der Waals surface area (Å²) in [5.41, 5.74) is 11.2. The summed E-state index contributed by atoms with van der Waals surface area (Å²) in [4.78, 5) is 14.6. The summed E-state index contributed by atoms with van der Waals surface area (Å²) in [6.07, 6.45) is -2.64. The van der Waals surface area contributed by atoms with Crippen molar-refractivity contribution in [3.8, 4) is 0 Å². The molecule has 10 N–H and O–H groups in total. The number of aliphatic hydroxyl groups is 5. The molecule has 150 valence electrons. The molecule has 0 spiro atoms. The van der Waals surface area contributed by atoms with E-state index >= 15 is 0 Å². The zero-order chi connectivity index (χ0) is 19.9. The maximum atomic E-state index is 10.8. The molecular weight excluding hydrogens is 354 g/mol. The Labute approximate surface area is 148 Å². The minimum absolute atomic E-state index is 0.0337. The van der Waals surface area contributed by atoms with Gasteiger partial charge in [0.15, 0.2) is 6.29 Å². The monoisotopic (exact) mass is 379 g/mol. The quantitative estimate of drug-likeness (QED) is 0.136. The van der Waals surface area contributed by atoms with Crippen LogP contribution in [0.25, 0.3) is 0 Å². The number of nitrogens with two attached hydrogens (primary N) is 2. The number of carboxylic acid groups (broad SMARTS) is 1. The lowest BCUT2D eigenvalue weighted by Crippen LogP contribution is -2.72. The van der Waals surface area contributed by atoms with E-state index in [1.807, 2.05) is 0 Å². The van der Waals surface area contributed by atoms with E-state index in [1.54, 1.807) is 6.92 Å². The fourth-order valence-corrected chi connectivity index (χ4v) is 3.06. The average Bonchev–Trinajstić information content (AvgIpc) is 2.50. The molecule has 2 fully saturated rings. The zero-order valence-corrected chi connectivity index (χ0v) is 14.1. The van der Waals surface area contributed by atoms with Gasteiger partial charge in [0.1, 0.15) is 0 Å². The number of hydrogen-bond donors (Lipinski definition) is 8. The first-order valence-electron chi connectivity index (χ1n) is 8.08. The van der Waals surface area contributed by atoms with Crippen LogP contribution in [0, 0.1) is 0 Å². The minimum Gasteiger partial charge on any atom is -0.475 e. The Morgan fingerprint density at radius 3 is 2.42 bits per heavy atom. The molecule has 1 aliphatic carbocycles. The van der Waals surface area contributed by atoms with E-state index in [9.17, 15) is 30.3 Å². The lowest BCUT2D eigenvalue weighted by atomic mass is 9.82. The second-order valence-electron chi connectivity index (χ2n) is 6.74. The van der Waals surface area contributed by atoms with Gasteiger partial charge in [0.25, 0.3) is 5.79 Å². The molecular formula is C14H25N3O9. The molecule has 0 amide bonds. The van der Waals surface area contributed by atoms with Crippen molar-refractivity contribution in [3.63, 3.8) is 0 Å². The van der Waals surface area contributed by atoms with E-state index in [2.05, 4.69) is 4.99 Å². The number of aliphatic imine (C=N–C) groups is 1. The van der Waals surface area contributed by atoms with Crippen molar-refractivity contribution in [2.75, 3.05) is 0 Å². The van der Waals surface area contributed by atoms with Crippen molar-refractivity contribution in [2.24, 2.45) is 16.5 Å². The summed E-state index contributed by atoms with van der Waals surface area (Å²) in [6, 6.07) is -1.63.